The molecule has 0 aliphatic heterocycles. The molecule has 33 heavy (non-hydrogen) atoms. The average Bonchev–Trinajstić information content (AvgIpc) is 2.72. The third kappa shape index (κ3) is 2.87. The second kappa shape index (κ2) is 6.89. The summed E-state index contributed by atoms with van der Waals surface area (Å²) in [4.78, 5) is 12.5. The third-order valence-corrected chi connectivity index (χ3v) is 13.2. The van der Waals surface area contributed by atoms with E-state index in [0.29, 0.717) is 29.1 Å². The molecule has 0 spiro atoms. The van der Waals surface area contributed by atoms with Crippen molar-refractivity contribution in [2.45, 2.75) is 119 Å². The lowest BCUT2D eigenvalue weighted by Gasteiger charge is -2.71. The van der Waals surface area contributed by atoms with Gasteiger partial charge in [0.1, 0.15) is 0 Å². The minimum absolute atomic E-state index is 0.0308. The fraction of sp³-hybridized carbons (Fsp3) is 0.900. The van der Waals surface area contributed by atoms with Gasteiger partial charge in [0.05, 0.1) is 11.5 Å². The van der Waals surface area contributed by atoms with Gasteiger partial charge in [0, 0.05) is 0 Å². The van der Waals surface area contributed by atoms with Crippen molar-refractivity contribution in [3.05, 3.63) is 11.6 Å². The first kappa shape index (κ1) is 23.9. The van der Waals surface area contributed by atoms with Crippen LogP contribution in [0.1, 0.15) is 113 Å². The summed E-state index contributed by atoms with van der Waals surface area (Å²) in [5.74, 6) is 0.432. The molecule has 4 saturated carbocycles. The van der Waals surface area contributed by atoms with Crippen LogP contribution < -0.4 is 0 Å². The van der Waals surface area contributed by atoms with Crippen LogP contribution in [0.4, 0.5) is 0 Å². The van der Waals surface area contributed by atoms with Crippen LogP contribution in [-0.4, -0.2) is 22.3 Å². The molecule has 2 N–H and O–H groups in total. The van der Waals surface area contributed by atoms with Crippen LogP contribution in [0.25, 0.3) is 0 Å². The standard InChI is InChI=1S/C30H48O3/c1-25(2)14-15-26(3)16-17-28(5)19(20(26)18-25)8-9-21-27(4)12-11-23(31)30(7,24(32)33)22(27)10-13-29(21,28)6/h8,20-23,31H,9-18H2,1-7H3,(H,32,33)/t20-,21?,22+,23+,26+,27+,28+,29+,30+/m1/s1. The van der Waals surface area contributed by atoms with Crippen molar-refractivity contribution >= 4 is 5.97 Å². The summed E-state index contributed by atoms with van der Waals surface area (Å²) in [7, 11) is 0. The van der Waals surface area contributed by atoms with E-state index in [4.69, 9.17) is 0 Å². The van der Waals surface area contributed by atoms with E-state index in [0.717, 1.165) is 25.7 Å². The van der Waals surface area contributed by atoms with Gasteiger partial charge in [0.25, 0.3) is 0 Å². The Balaban J connectivity index is 1.58. The normalized spacial score (nSPS) is 55.3. The second-order valence-electron chi connectivity index (χ2n) is 15.0. The van der Waals surface area contributed by atoms with Crippen molar-refractivity contribution in [3.63, 3.8) is 0 Å². The summed E-state index contributed by atoms with van der Waals surface area (Å²) in [6.07, 6.45) is 13.2. The van der Waals surface area contributed by atoms with Crippen LogP contribution in [0.3, 0.4) is 0 Å². The Morgan fingerprint density at radius 3 is 2.21 bits per heavy atom. The Labute approximate surface area is 201 Å². The number of hydrogen-bond acceptors (Lipinski definition) is 2. The first-order valence-corrected chi connectivity index (χ1v) is 13.8. The van der Waals surface area contributed by atoms with Crippen LogP contribution in [0.5, 0.6) is 0 Å². The molecule has 5 aliphatic rings. The molecular weight excluding hydrogens is 408 g/mol. The summed E-state index contributed by atoms with van der Waals surface area (Å²) < 4.78 is 0. The Bertz CT molecular complexity index is 889. The first-order chi connectivity index (χ1) is 15.1. The van der Waals surface area contributed by atoms with Gasteiger partial charge >= 0.3 is 5.97 Å². The number of rotatable bonds is 1. The number of fused-ring (bicyclic) bond motifs is 7. The molecule has 0 amide bonds. The molecule has 0 aromatic carbocycles. The Morgan fingerprint density at radius 2 is 1.55 bits per heavy atom. The molecule has 1 unspecified atom stereocenters. The number of allylic oxidation sites excluding steroid dienone is 2. The molecule has 4 fully saturated rings. The highest BCUT2D eigenvalue weighted by molar-refractivity contribution is 5.76. The molecule has 3 nitrogen and oxygen atoms in total. The zero-order valence-electron chi connectivity index (χ0n) is 22.3. The number of aliphatic hydroxyl groups excluding tert-OH is 1. The van der Waals surface area contributed by atoms with E-state index in [9.17, 15) is 15.0 Å². The van der Waals surface area contributed by atoms with Gasteiger partial charge in [-0.2, -0.15) is 0 Å². The van der Waals surface area contributed by atoms with Crippen molar-refractivity contribution < 1.29 is 15.0 Å². The van der Waals surface area contributed by atoms with Gasteiger partial charge in [-0.15, -0.1) is 0 Å². The van der Waals surface area contributed by atoms with E-state index in [1.807, 2.05) is 6.92 Å². The molecule has 3 heteroatoms. The predicted octanol–water partition coefficient (Wildman–Crippen LogP) is 7.23. The highest BCUT2D eigenvalue weighted by atomic mass is 16.4. The third-order valence-electron chi connectivity index (χ3n) is 13.2. The molecule has 0 aromatic rings. The monoisotopic (exact) mass is 456 g/mol. The largest absolute Gasteiger partial charge is 0.481 e. The lowest BCUT2D eigenvalue weighted by molar-refractivity contribution is -0.216. The maximum Gasteiger partial charge on any atom is 0.312 e. The molecule has 186 valence electrons. The Kier molecular flexibility index (Phi) is 4.99. The zero-order chi connectivity index (χ0) is 24.2. The van der Waals surface area contributed by atoms with Gasteiger partial charge in [0.2, 0.25) is 0 Å². The van der Waals surface area contributed by atoms with Crippen LogP contribution in [0.2, 0.25) is 0 Å². The maximum atomic E-state index is 12.5. The Hall–Kier alpha value is -0.830. The number of aliphatic hydroxyl groups is 1. The van der Waals surface area contributed by atoms with Crippen molar-refractivity contribution in [1.29, 1.82) is 0 Å². The second-order valence-corrected chi connectivity index (χ2v) is 15.0. The van der Waals surface area contributed by atoms with Crippen LogP contribution in [-0.2, 0) is 4.79 Å². The van der Waals surface area contributed by atoms with E-state index < -0.39 is 17.5 Å². The van der Waals surface area contributed by atoms with Crippen LogP contribution in [0.15, 0.2) is 11.6 Å². The van der Waals surface area contributed by atoms with E-state index in [1.165, 1.54) is 32.1 Å². The fourth-order valence-electron chi connectivity index (χ4n) is 10.5. The predicted molar refractivity (Wildman–Crippen MR) is 133 cm³/mol. The molecule has 0 heterocycles. The molecule has 5 aliphatic carbocycles. The van der Waals surface area contributed by atoms with E-state index in [-0.39, 0.29) is 22.2 Å². The minimum Gasteiger partial charge on any atom is -0.481 e. The molecule has 0 bridgehead atoms. The fourth-order valence-corrected chi connectivity index (χ4v) is 10.5. The van der Waals surface area contributed by atoms with Crippen molar-refractivity contribution in [3.8, 4) is 0 Å². The minimum atomic E-state index is -1.03. The summed E-state index contributed by atoms with van der Waals surface area (Å²) in [6, 6.07) is 0. The van der Waals surface area contributed by atoms with Gasteiger partial charge in [-0.3, -0.25) is 4.79 Å². The summed E-state index contributed by atoms with van der Waals surface area (Å²) in [6.45, 7) is 16.9. The molecule has 9 atom stereocenters. The van der Waals surface area contributed by atoms with Gasteiger partial charge in [-0.1, -0.05) is 53.2 Å². The summed E-state index contributed by atoms with van der Waals surface area (Å²) >= 11 is 0. The van der Waals surface area contributed by atoms with Gasteiger partial charge in [0.15, 0.2) is 0 Å². The molecular formula is C30H48O3. The number of carbonyl (C=O) groups is 1. The van der Waals surface area contributed by atoms with Gasteiger partial charge < -0.3 is 10.2 Å². The maximum absolute atomic E-state index is 12.5. The molecule has 5 rings (SSSR count). The quantitative estimate of drug-likeness (QED) is 0.409. The number of carboxylic acid groups (broad SMARTS) is 1. The lowest BCUT2D eigenvalue weighted by Crippen LogP contribution is -2.66. The lowest BCUT2D eigenvalue weighted by atomic mass is 9.33. The molecule has 0 saturated heterocycles. The van der Waals surface area contributed by atoms with Crippen molar-refractivity contribution in [2.75, 3.05) is 0 Å². The highest BCUT2D eigenvalue weighted by Gasteiger charge is 2.69. The van der Waals surface area contributed by atoms with Crippen molar-refractivity contribution in [1.82, 2.24) is 0 Å². The average molecular weight is 457 g/mol. The van der Waals surface area contributed by atoms with E-state index >= 15 is 0 Å². The molecule has 0 aromatic heterocycles. The van der Waals surface area contributed by atoms with Crippen LogP contribution in [0, 0.1) is 50.2 Å². The number of hydrogen-bond donors (Lipinski definition) is 2. The molecule has 0 radical (unpaired) electrons. The highest BCUT2D eigenvalue weighted by Crippen LogP contribution is 2.75. The van der Waals surface area contributed by atoms with E-state index in [1.54, 1.807) is 5.57 Å². The Morgan fingerprint density at radius 1 is 0.879 bits per heavy atom. The number of carboxylic acids is 1. The zero-order valence-corrected chi connectivity index (χ0v) is 22.3. The number of aliphatic carboxylic acids is 1. The van der Waals surface area contributed by atoms with Crippen molar-refractivity contribution in [2.24, 2.45) is 50.2 Å². The van der Waals surface area contributed by atoms with Gasteiger partial charge in [-0.05, 0) is 116 Å². The summed E-state index contributed by atoms with van der Waals surface area (Å²) in [5.41, 5.74) is 1.98. The van der Waals surface area contributed by atoms with Crippen LogP contribution >= 0.6 is 0 Å². The topological polar surface area (TPSA) is 57.5 Å². The first-order valence-electron chi connectivity index (χ1n) is 13.8. The van der Waals surface area contributed by atoms with Gasteiger partial charge in [-0.25, -0.2) is 0 Å². The SMILES string of the molecule is CC1(C)CC[C@@]2(C)CC[C@@]3(C)C(=CCC4[C@]5(C)CC[C@H](O)[C@@](C)(C(=O)O)[C@H]5CC[C@@]43C)[C@H]2C1. The summed E-state index contributed by atoms with van der Waals surface area (Å²) in [5, 5.41) is 21.1. The van der Waals surface area contributed by atoms with E-state index in [2.05, 4.69) is 47.6 Å². The smallest absolute Gasteiger partial charge is 0.312 e.